The maximum absolute atomic E-state index is 12.5. The summed E-state index contributed by atoms with van der Waals surface area (Å²) in [5.41, 5.74) is 6.47. The second-order valence-electron chi connectivity index (χ2n) is 4.64. The van der Waals surface area contributed by atoms with E-state index < -0.39 is 6.36 Å². The number of aromatic amines is 1. The van der Waals surface area contributed by atoms with E-state index in [4.69, 9.17) is 10.5 Å². The zero-order chi connectivity index (χ0) is 17.3. The molecule has 0 radical (unpaired) electrons. The van der Waals surface area contributed by atoms with E-state index in [9.17, 15) is 13.2 Å². The van der Waals surface area contributed by atoms with Gasteiger partial charge in [-0.3, -0.25) is 0 Å². The number of nitrogens with two attached hydrogens (primary N) is 1. The summed E-state index contributed by atoms with van der Waals surface area (Å²) in [4.78, 5) is 3.97. The number of H-pyrrole nitrogens is 1. The second-order valence-corrected chi connectivity index (χ2v) is 5.56. The van der Waals surface area contributed by atoms with Crippen molar-refractivity contribution in [3.05, 3.63) is 34.3 Å². The van der Waals surface area contributed by atoms with Gasteiger partial charge in [-0.25, -0.2) is 10.1 Å². The summed E-state index contributed by atoms with van der Waals surface area (Å²) in [7, 11) is 0. The van der Waals surface area contributed by atoms with E-state index in [1.165, 1.54) is 18.2 Å². The highest BCUT2D eigenvalue weighted by atomic mass is 79.9. The highest BCUT2D eigenvalue weighted by Gasteiger charge is 2.32. The zero-order valence-corrected chi connectivity index (χ0v) is 13.3. The third-order valence-corrected chi connectivity index (χ3v) is 3.41. The molecule has 126 valence electrons. The largest absolute Gasteiger partial charge is 0.573 e. The lowest BCUT2D eigenvalue weighted by molar-refractivity contribution is -0.275. The first-order valence-electron chi connectivity index (χ1n) is 6.46. The number of halogens is 4. The van der Waals surface area contributed by atoms with Crippen LogP contribution in [0, 0.1) is 0 Å². The van der Waals surface area contributed by atoms with Crippen molar-refractivity contribution in [3.63, 3.8) is 0 Å². The van der Waals surface area contributed by atoms with Gasteiger partial charge in [-0.1, -0.05) is 27.2 Å². The molecule has 24 heavy (non-hydrogen) atoms. The van der Waals surface area contributed by atoms with Gasteiger partial charge in [0, 0.05) is 16.1 Å². The van der Waals surface area contributed by atoms with Crippen LogP contribution in [0.3, 0.4) is 0 Å². The molecule has 0 aliphatic rings. The normalized spacial score (nSPS) is 11.7. The van der Waals surface area contributed by atoms with E-state index >= 15 is 0 Å². The number of hydrogen-bond donors (Lipinski definition) is 2. The van der Waals surface area contributed by atoms with Gasteiger partial charge in [-0.15, -0.1) is 18.3 Å². The summed E-state index contributed by atoms with van der Waals surface area (Å²) in [6, 6.07) is 5.65. The summed E-state index contributed by atoms with van der Waals surface area (Å²) in [5, 5.41) is 9.92. The molecule has 0 fully saturated rings. The number of nitrogen functional groups attached to an aromatic ring is 1. The monoisotopic (exact) mass is 403 g/mol. The van der Waals surface area contributed by atoms with Crippen molar-refractivity contribution in [2.45, 2.75) is 13.0 Å². The molecule has 0 aliphatic heterocycles. The highest BCUT2D eigenvalue weighted by Crippen LogP contribution is 2.31. The van der Waals surface area contributed by atoms with Gasteiger partial charge in [0.25, 0.3) is 0 Å². The SMILES string of the molecule is Nc1cc(OCc2ccc(Br)cc2OC(F)(F)F)c2nn[nH]c2n1. The lowest BCUT2D eigenvalue weighted by Gasteiger charge is -2.14. The van der Waals surface area contributed by atoms with Gasteiger partial charge in [-0.2, -0.15) is 0 Å². The Morgan fingerprint density at radius 1 is 1.21 bits per heavy atom. The molecule has 3 N–H and O–H groups in total. The first-order valence-corrected chi connectivity index (χ1v) is 7.25. The summed E-state index contributed by atoms with van der Waals surface area (Å²) >= 11 is 3.10. The Labute approximate surface area is 141 Å². The smallest absolute Gasteiger partial charge is 0.486 e. The predicted octanol–water partition coefficient (Wildman–Crippen LogP) is 3.18. The first-order chi connectivity index (χ1) is 11.3. The fourth-order valence-electron chi connectivity index (χ4n) is 1.96. The van der Waals surface area contributed by atoms with Crippen LogP contribution in [-0.2, 0) is 6.61 Å². The number of alkyl halides is 3. The summed E-state index contributed by atoms with van der Waals surface area (Å²) in [6.07, 6.45) is -4.81. The Morgan fingerprint density at radius 2 is 2.00 bits per heavy atom. The molecule has 0 aliphatic carbocycles. The Kier molecular flexibility index (Phi) is 4.18. The standard InChI is InChI=1S/C13H9BrF3N5O2/c14-7-2-1-6(8(3-7)24-13(15,16)17)5-23-9-4-10(18)19-12-11(9)20-22-21-12/h1-4H,5H2,(H3,18,19,20,21,22). The van der Waals surface area contributed by atoms with Crippen molar-refractivity contribution in [2.24, 2.45) is 0 Å². The molecule has 0 atom stereocenters. The minimum Gasteiger partial charge on any atom is -0.486 e. The molecule has 11 heteroatoms. The van der Waals surface area contributed by atoms with Crippen molar-refractivity contribution in [2.75, 3.05) is 5.73 Å². The van der Waals surface area contributed by atoms with Crippen molar-refractivity contribution in [1.82, 2.24) is 20.4 Å². The molecule has 0 spiro atoms. The number of fused-ring (bicyclic) bond motifs is 1. The lowest BCUT2D eigenvalue weighted by Crippen LogP contribution is -2.18. The number of pyridine rings is 1. The van der Waals surface area contributed by atoms with Crippen molar-refractivity contribution in [1.29, 1.82) is 0 Å². The number of ether oxygens (including phenoxy) is 2. The number of aromatic nitrogens is 4. The molecule has 1 aromatic carbocycles. The Balaban J connectivity index is 1.87. The minimum absolute atomic E-state index is 0.158. The van der Waals surface area contributed by atoms with Crippen LogP contribution < -0.4 is 15.2 Å². The van der Waals surface area contributed by atoms with Crippen LogP contribution in [0.1, 0.15) is 5.56 Å². The third kappa shape index (κ3) is 3.67. The molecule has 0 unspecified atom stereocenters. The number of hydrogen-bond acceptors (Lipinski definition) is 6. The molecule has 0 amide bonds. The number of anilines is 1. The van der Waals surface area contributed by atoms with Gasteiger partial charge in [-0.05, 0) is 12.1 Å². The number of nitrogens with one attached hydrogen (secondary N) is 1. The average molecular weight is 404 g/mol. The van der Waals surface area contributed by atoms with Gasteiger partial charge in [0.15, 0.2) is 16.9 Å². The van der Waals surface area contributed by atoms with Crippen LogP contribution in [0.2, 0.25) is 0 Å². The Bertz CT molecular complexity index is 884. The summed E-state index contributed by atoms with van der Waals surface area (Å²) < 4.78 is 47.5. The van der Waals surface area contributed by atoms with E-state index in [-0.39, 0.29) is 29.5 Å². The van der Waals surface area contributed by atoms with Crippen LogP contribution in [0.5, 0.6) is 11.5 Å². The van der Waals surface area contributed by atoms with Gasteiger partial charge in [0.1, 0.15) is 18.2 Å². The van der Waals surface area contributed by atoms with Crippen molar-refractivity contribution in [3.8, 4) is 11.5 Å². The molecule has 7 nitrogen and oxygen atoms in total. The highest BCUT2D eigenvalue weighted by molar-refractivity contribution is 9.10. The Morgan fingerprint density at radius 3 is 2.75 bits per heavy atom. The van der Waals surface area contributed by atoms with Crippen LogP contribution in [0.25, 0.3) is 11.2 Å². The van der Waals surface area contributed by atoms with Crippen molar-refractivity contribution < 1.29 is 22.6 Å². The molecule has 0 bridgehead atoms. The van der Waals surface area contributed by atoms with Gasteiger partial charge in [0.2, 0.25) is 0 Å². The van der Waals surface area contributed by atoms with E-state index in [1.54, 1.807) is 6.07 Å². The second kappa shape index (κ2) is 6.15. The summed E-state index contributed by atoms with van der Waals surface area (Å²) in [5.74, 6) is 0.0357. The topological polar surface area (TPSA) is 98.9 Å². The van der Waals surface area contributed by atoms with Gasteiger partial charge in [0.05, 0.1) is 0 Å². The van der Waals surface area contributed by atoms with Crippen LogP contribution in [-0.4, -0.2) is 26.8 Å². The molecule has 2 heterocycles. The van der Waals surface area contributed by atoms with E-state index in [1.807, 2.05) is 0 Å². The van der Waals surface area contributed by atoms with Crippen LogP contribution in [0.4, 0.5) is 19.0 Å². The zero-order valence-electron chi connectivity index (χ0n) is 11.8. The maximum atomic E-state index is 12.5. The molecule has 2 aromatic heterocycles. The predicted molar refractivity (Wildman–Crippen MR) is 81.3 cm³/mol. The van der Waals surface area contributed by atoms with Crippen LogP contribution in [0.15, 0.2) is 28.7 Å². The number of benzene rings is 1. The van der Waals surface area contributed by atoms with E-state index in [0.29, 0.717) is 15.6 Å². The lowest BCUT2D eigenvalue weighted by atomic mass is 10.2. The molecular formula is C13H9BrF3N5O2. The maximum Gasteiger partial charge on any atom is 0.573 e. The first kappa shape index (κ1) is 16.3. The molecule has 0 saturated heterocycles. The third-order valence-electron chi connectivity index (χ3n) is 2.92. The molecule has 3 aromatic rings. The van der Waals surface area contributed by atoms with E-state index in [0.717, 1.165) is 0 Å². The van der Waals surface area contributed by atoms with Crippen LogP contribution >= 0.6 is 15.9 Å². The fraction of sp³-hybridized carbons (Fsp3) is 0.154. The Hall–Kier alpha value is -2.56. The van der Waals surface area contributed by atoms with E-state index in [2.05, 4.69) is 41.1 Å². The van der Waals surface area contributed by atoms with Gasteiger partial charge < -0.3 is 15.2 Å². The fourth-order valence-corrected chi connectivity index (χ4v) is 2.30. The summed E-state index contributed by atoms with van der Waals surface area (Å²) in [6.45, 7) is -0.190. The molecular weight excluding hydrogens is 395 g/mol. The number of nitrogens with zero attached hydrogens (tertiary/aromatic N) is 3. The quantitative estimate of drug-likeness (QED) is 0.693. The average Bonchev–Trinajstić information content (AvgIpc) is 2.92. The van der Waals surface area contributed by atoms with Crippen molar-refractivity contribution >= 4 is 32.9 Å². The minimum atomic E-state index is -4.81. The van der Waals surface area contributed by atoms with Gasteiger partial charge >= 0.3 is 6.36 Å². The number of rotatable bonds is 4. The molecule has 3 rings (SSSR count). The molecule has 0 saturated carbocycles.